The monoisotopic (exact) mass is 264 g/mol. The summed E-state index contributed by atoms with van der Waals surface area (Å²) in [6, 6.07) is 5.73. The lowest BCUT2D eigenvalue weighted by Gasteiger charge is -2.22. The van der Waals surface area contributed by atoms with Crippen LogP contribution >= 0.6 is 0 Å². The quantitative estimate of drug-likeness (QED) is 0.781. The van der Waals surface area contributed by atoms with Crippen LogP contribution in [0, 0.1) is 6.92 Å². The van der Waals surface area contributed by atoms with Crippen molar-refractivity contribution in [1.29, 1.82) is 0 Å². The third-order valence-corrected chi connectivity index (χ3v) is 2.98. The number of esters is 1. The topological polar surface area (TPSA) is 35.5 Å². The van der Waals surface area contributed by atoms with Crippen molar-refractivity contribution >= 4 is 5.97 Å². The average Bonchev–Trinajstić information content (AvgIpc) is 2.27. The van der Waals surface area contributed by atoms with E-state index in [-0.39, 0.29) is 17.5 Å². The molecule has 0 bridgehead atoms. The van der Waals surface area contributed by atoms with Crippen LogP contribution < -0.4 is 0 Å². The van der Waals surface area contributed by atoms with Gasteiger partial charge in [0.15, 0.2) is 0 Å². The van der Waals surface area contributed by atoms with Crippen LogP contribution in [-0.2, 0) is 14.9 Å². The smallest absolute Gasteiger partial charge is 0.338 e. The van der Waals surface area contributed by atoms with Crippen LogP contribution in [0.5, 0.6) is 0 Å². The SMILES string of the molecule is COCC(C)OC(=O)c1ccc(C(C)(C)C)c(C)c1. The van der Waals surface area contributed by atoms with Gasteiger partial charge < -0.3 is 9.47 Å². The largest absolute Gasteiger partial charge is 0.457 e. The lowest BCUT2D eigenvalue weighted by molar-refractivity contribution is 0.0120. The third kappa shape index (κ3) is 4.35. The summed E-state index contributed by atoms with van der Waals surface area (Å²) in [7, 11) is 1.59. The normalized spacial score (nSPS) is 13.2. The first-order valence-electron chi connectivity index (χ1n) is 6.56. The molecule has 0 saturated heterocycles. The highest BCUT2D eigenvalue weighted by molar-refractivity contribution is 5.89. The van der Waals surface area contributed by atoms with Crippen LogP contribution in [-0.4, -0.2) is 25.8 Å². The molecule has 0 N–H and O–H groups in total. The zero-order chi connectivity index (χ0) is 14.6. The minimum Gasteiger partial charge on any atom is -0.457 e. The predicted octanol–water partition coefficient (Wildman–Crippen LogP) is 3.48. The number of ether oxygens (including phenoxy) is 2. The number of hydrogen-bond donors (Lipinski definition) is 0. The van der Waals surface area contributed by atoms with Gasteiger partial charge in [-0.25, -0.2) is 4.79 Å². The molecule has 0 heterocycles. The first kappa shape index (κ1) is 15.7. The molecule has 0 saturated carbocycles. The van der Waals surface area contributed by atoms with Gasteiger partial charge in [0.1, 0.15) is 6.10 Å². The molecule has 0 aliphatic carbocycles. The van der Waals surface area contributed by atoms with Gasteiger partial charge in [0.2, 0.25) is 0 Å². The van der Waals surface area contributed by atoms with Gasteiger partial charge in [-0.3, -0.25) is 0 Å². The Labute approximate surface area is 115 Å². The summed E-state index contributed by atoms with van der Waals surface area (Å²) in [5.74, 6) is -0.298. The van der Waals surface area contributed by atoms with Crippen molar-refractivity contribution in [2.45, 2.75) is 46.1 Å². The molecule has 0 fully saturated rings. The minimum atomic E-state index is -0.298. The van der Waals surface area contributed by atoms with Crippen molar-refractivity contribution in [1.82, 2.24) is 0 Å². The molecule has 19 heavy (non-hydrogen) atoms. The summed E-state index contributed by atoms with van der Waals surface area (Å²) in [6.07, 6.45) is -0.236. The summed E-state index contributed by atoms with van der Waals surface area (Å²) < 4.78 is 10.2. The van der Waals surface area contributed by atoms with Crippen LogP contribution in [0.15, 0.2) is 18.2 Å². The molecule has 1 aromatic rings. The number of aryl methyl sites for hydroxylation is 1. The van der Waals surface area contributed by atoms with Crippen LogP contribution in [0.25, 0.3) is 0 Å². The van der Waals surface area contributed by atoms with Crippen molar-refractivity contribution in [3.63, 3.8) is 0 Å². The third-order valence-electron chi connectivity index (χ3n) is 2.98. The van der Waals surface area contributed by atoms with E-state index in [0.29, 0.717) is 12.2 Å². The number of carbonyl (C=O) groups excluding carboxylic acids is 1. The highest BCUT2D eigenvalue weighted by Crippen LogP contribution is 2.26. The van der Waals surface area contributed by atoms with E-state index < -0.39 is 0 Å². The zero-order valence-corrected chi connectivity index (χ0v) is 12.7. The summed E-state index contributed by atoms with van der Waals surface area (Å²) in [6.45, 7) is 10.7. The molecule has 0 amide bonds. The fraction of sp³-hybridized carbons (Fsp3) is 0.562. The standard InChI is InChI=1S/C16H24O3/c1-11-9-13(7-8-14(11)16(3,4)5)15(17)19-12(2)10-18-6/h7-9,12H,10H2,1-6H3. The molecule has 1 aromatic carbocycles. The van der Waals surface area contributed by atoms with Gasteiger partial charge in [0.05, 0.1) is 12.2 Å². The first-order chi connectivity index (χ1) is 8.75. The molecule has 0 spiro atoms. The first-order valence-corrected chi connectivity index (χ1v) is 6.56. The van der Waals surface area contributed by atoms with Gasteiger partial charge >= 0.3 is 5.97 Å². The summed E-state index contributed by atoms with van der Waals surface area (Å²) >= 11 is 0. The van der Waals surface area contributed by atoms with Gasteiger partial charge in [-0.15, -0.1) is 0 Å². The number of rotatable bonds is 4. The molecule has 0 radical (unpaired) electrons. The van der Waals surface area contributed by atoms with Crippen molar-refractivity contribution in [2.24, 2.45) is 0 Å². The second-order valence-corrected chi connectivity index (χ2v) is 5.95. The molecule has 1 atom stereocenters. The summed E-state index contributed by atoms with van der Waals surface area (Å²) in [5.41, 5.74) is 3.03. The fourth-order valence-corrected chi connectivity index (χ4v) is 2.15. The zero-order valence-electron chi connectivity index (χ0n) is 12.7. The molecular formula is C16H24O3. The van der Waals surface area contributed by atoms with Gasteiger partial charge in [0.25, 0.3) is 0 Å². The molecule has 3 nitrogen and oxygen atoms in total. The van der Waals surface area contributed by atoms with Gasteiger partial charge in [-0.1, -0.05) is 26.8 Å². The van der Waals surface area contributed by atoms with E-state index in [1.807, 2.05) is 32.0 Å². The second-order valence-electron chi connectivity index (χ2n) is 5.95. The Hall–Kier alpha value is -1.35. The van der Waals surface area contributed by atoms with Gasteiger partial charge in [-0.05, 0) is 42.5 Å². The average molecular weight is 264 g/mol. The van der Waals surface area contributed by atoms with Crippen LogP contribution in [0.2, 0.25) is 0 Å². The maximum absolute atomic E-state index is 12.0. The molecule has 0 aliphatic rings. The van der Waals surface area contributed by atoms with Crippen LogP contribution in [0.1, 0.15) is 49.2 Å². The minimum absolute atomic E-state index is 0.0792. The Morgan fingerprint density at radius 3 is 2.42 bits per heavy atom. The predicted molar refractivity (Wildman–Crippen MR) is 76.6 cm³/mol. The number of benzene rings is 1. The Balaban J connectivity index is 2.86. The van der Waals surface area contributed by atoms with Crippen LogP contribution in [0.3, 0.4) is 0 Å². The lowest BCUT2D eigenvalue weighted by Crippen LogP contribution is -2.20. The number of methoxy groups -OCH3 is 1. The van der Waals surface area contributed by atoms with Gasteiger partial charge in [0, 0.05) is 7.11 Å². The van der Waals surface area contributed by atoms with E-state index in [0.717, 1.165) is 5.56 Å². The molecule has 106 valence electrons. The van der Waals surface area contributed by atoms with E-state index in [9.17, 15) is 4.79 Å². The van der Waals surface area contributed by atoms with E-state index in [1.54, 1.807) is 7.11 Å². The molecule has 3 heteroatoms. The Bertz CT molecular complexity index is 444. The highest BCUT2D eigenvalue weighted by atomic mass is 16.6. The summed E-state index contributed by atoms with van der Waals surface area (Å²) in [5, 5.41) is 0. The fourth-order valence-electron chi connectivity index (χ4n) is 2.15. The molecule has 1 rings (SSSR count). The Kier molecular flexibility index (Phi) is 5.12. The van der Waals surface area contributed by atoms with Gasteiger partial charge in [-0.2, -0.15) is 0 Å². The molecule has 1 unspecified atom stereocenters. The van der Waals surface area contributed by atoms with Crippen molar-refractivity contribution in [3.8, 4) is 0 Å². The second kappa shape index (κ2) is 6.20. The molecule has 0 aromatic heterocycles. The Morgan fingerprint density at radius 1 is 1.32 bits per heavy atom. The maximum atomic E-state index is 12.0. The highest BCUT2D eigenvalue weighted by Gasteiger charge is 2.18. The van der Waals surface area contributed by atoms with E-state index in [4.69, 9.17) is 9.47 Å². The molecule has 0 aliphatic heterocycles. The van der Waals surface area contributed by atoms with Crippen LogP contribution in [0.4, 0.5) is 0 Å². The Morgan fingerprint density at radius 2 is 1.95 bits per heavy atom. The summed E-state index contributed by atoms with van der Waals surface area (Å²) in [4.78, 5) is 12.0. The van der Waals surface area contributed by atoms with Crippen molar-refractivity contribution in [2.75, 3.05) is 13.7 Å². The van der Waals surface area contributed by atoms with E-state index in [1.165, 1.54) is 5.56 Å². The number of carbonyl (C=O) groups is 1. The van der Waals surface area contributed by atoms with E-state index >= 15 is 0 Å². The van der Waals surface area contributed by atoms with Crippen molar-refractivity contribution < 1.29 is 14.3 Å². The lowest BCUT2D eigenvalue weighted by atomic mass is 9.83. The maximum Gasteiger partial charge on any atom is 0.338 e. The van der Waals surface area contributed by atoms with E-state index in [2.05, 4.69) is 20.8 Å². The number of hydrogen-bond acceptors (Lipinski definition) is 3. The van der Waals surface area contributed by atoms with Crippen molar-refractivity contribution in [3.05, 3.63) is 34.9 Å². The molecular weight excluding hydrogens is 240 g/mol.